The second-order valence-electron chi connectivity index (χ2n) is 7.52. The molecule has 0 atom stereocenters. The summed E-state index contributed by atoms with van der Waals surface area (Å²) in [5, 5.41) is 0. The van der Waals surface area contributed by atoms with Gasteiger partial charge in [-0.3, -0.25) is 9.59 Å². The number of hydrogen-bond donors (Lipinski definition) is 1. The molecule has 154 valence electrons. The number of hydrogen-bond acceptors (Lipinski definition) is 6. The predicted molar refractivity (Wildman–Crippen MR) is 121 cm³/mol. The van der Waals surface area contributed by atoms with Crippen LogP contribution in [-0.2, 0) is 0 Å². The topological polar surface area (TPSA) is 79.5 Å². The summed E-state index contributed by atoms with van der Waals surface area (Å²) in [6, 6.07) is 15.6. The van der Waals surface area contributed by atoms with E-state index in [1.807, 2.05) is 60.4 Å². The number of carbonyl (C=O) groups excluding carboxylic acids is 2. The largest absolute Gasteiger partial charge is 0.396 e. The monoisotopic (exact) mass is 420 g/mol. The van der Waals surface area contributed by atoms with E-state index in [0.717, 1.165) is 29.9 Å². The molecule has 4 rings (SSSR count). The quantitative estimate of drug-likeness (QED) is 0.648. The summed E-state index contributed by atoms with van der Waals surface area (Å²) in [6.07, 6.45) is 0. The van der Waals surface area contributed by atoms with Gasteiger partial charge in [-0.05, 0) is 49.6 Å². The lowest BCUT2D eigenvalue weighted by molar-refractivity contribution is 0.0752. The van der Waals surface area contributed by atoms with Gasteiger partial charge in [0.1, 0.15) is 10.6 Å². The summed E-state index contributed by atoms with van der Waals surface area (Å²) in [6.45, 7) is 6.29. The first-order chi connectivity index (χ1) is 14.4. The molecular weight excluding hydrogens is 396 g/mol. The van der Waals surface area contributed by atoms with Crippen molar-refractivity contribution in [1.29, 1.82) is 0 Å². The smallest absolute Gasteiger partial charge is 0.267 e. The molecule has 2 N–H and O–H groups in total. The maximum Gasteiger partial charge on any atom is 0.267 e. The van der Waals surface area contributed by atoms with E-state index in [0.29, 0.717) is 34.9 Å². The molecule has 0 unspecified atom stereocenters. The van der Waals surface area contributed by atoms with Crippen LogP contribution in [0.25, 0.3) is 11.3 Å². The Labute approximate surface area is 180 Å². The molecule has 1 amide bonds. The third-order valence-corrected chi connectivity index (χ3v) is 6.30. The van der Waals surface area contributed by atoms with Gasteiger partial charge in [-0.1, -0.05) is 29.8 Å². The van der Waals surface area contributed by atoms with Crippen LogP contribution in [0, 0.1) is 6.92 Å². The Hall–Kier alpha value is -3.19. The van der Waals surface area contributed by atoms with Crippen molar-refractivity contribution in [3.63, 3.8) is 0 Å². The van der Waals surface area contributed by atoms with E-state index in [1.54, 1.807) is 6.92 Å². The molecule has 6 nitrogen and oxygen atoms in total. The minimum atomic E-state index is -0.0602. The van der Waals surface area contributed by atoms with Crippen molar-refractivity contribution in [3.8, 4) is 11.3 Å². The molecule has 1 aromatic heterocycles. The van der Waals surface area contributed by atoms with Crippen LogP contribution >= 0.6 is 11.5 Å². The van der Waals surface area contributed by atoms with Gasteiger partial charge in [-0.15, -0.1) is 0 Å². The Kier molecular flexibility index (Phi) is 5.55. The lowest BCUT2D eigenvalue weighted by Gasteiger charge is -2.36. The molecule has 30 heavy (non-hydrogen) atoms. The summed E-state index contributed by atoms with van der Waals surface area (Å²) < 4.78 is 4.45. The van der Waals surface area contributed by atoms with Crippen LogP contribution in [-0.4, -0.2) is 47.1 Å². The van der Waals surface area contributed by atoms with Crippen LogP contribution in [0.5, 0.6) is 0 Å². The van der Waals surface area contributed by atoms with E-state index in [9.17, 15) is 9.59 Å². The number of amides is 1. The number of piperazine rings is 1. The number of aryl methyl sites for hydroxylation is 1. The predicted octanol–water partition coefficient (Wildman–Crippen LogP) is 3.87. The highest BCUT2D eigenvalue weighted by atomic mass is 32.1. The number of nitrogens with zero attached hydrogens (tertiary/aromatic N) is 3. The second-order valence-corrected chi connectivity index (χ2v) is 8.30. The molecule has 0 aliphatic carbocycles. The number of carbonyl (C=O) groups is 2. The third-order valence-electron chi connectivity index (χ3n) is 5.45. The number of rotatable bonds is 4. The lowest BCUT2D eigenvalue weighted by atomic mass is 10.1. The molecule has 2 aromatic carbocycles. The summed E-state index contributed by atoms with van der Waals surface area (Å²) in [7, 11) is 0. The zero-order chi connectivity index (χ0) is 21.3. The Morgan fingerprint density at radius 2 is 1.60 bits per heavy atom. The maximum atomic E-state index is 13.0. The fourth-order valence-electron chi connectivity index (χ4n) is 3.59. The molecule has 1 fully saturated rings. The number of aromatic nitrogens is 1. The van der Waals surface area contributed by atoms with Gasteiger partial charge in [0.25, 0.3) is 5.91 Å². The zero-order valence-electron chi connectivity index (χ0n) is 17.1. The van der Waals surface area contributed by atoms with Crippen molar-refractivity contribution >= 4 is 34.6 Å². The molecule has 0 saturated carbocycles. The van der Waals surface area contributed by atoms with E-state index in [2.05, 4.69) is 9.27 Å². The molecule has 0 radical (unpaired) electrons. The van der Waals surface area contributed by atoms with Gasteiger partial charge < -0.3 is 15.5 Å². The highest BCUT2D eigenvalue weighted by molar-refractivity contribution is 7.09. The normalized spacial score (nSPS) is 14.1. The van der Waals surface area contributed by atoms with Crippen LogP contribution in [0.4, 0.5) is 11.4 Å². The van der Waals surface area contributed by atoms with E-state index < -0.39 is 0 Å². The Bertz CT molecular complexity index is 1070. The number of nitrogen functional groups attached to an aromatic ring is 1. The van der Waals surface area contributed by atoms with Crippen LogP contribution in [0.1, 0.15) is 32.5 Å². The second kappa shape index (κ2) is 8.28. The fraction of sp³-hybridized carbons (Fsp3) is 0.261. The van der Waals surface area contributed by atoms with Crippen molar-refractivity contribution < 1.29 is 9.59 Å². The molecule has 1 aliphatic heterocycles. The van der Waals surface area contributed by atoms with Gasteiger partial charge in [0, 0.05) is 43.0 Å². The number of ketones is 1. The summed E-state index contributed by atoms with van der Waals surface area (Å²) in [4.78, 5) is 29.1. The Morgan fingerprint density at radius 1 is 0.967 bits per heavy atom. The van der Waals surface area contributed by atoms with E-state index >= 15 is 0 Å². The zero-order valence-corrected chi connectivity index (χ0v) is 17.9. The molecule has 0 bridgehead atoms. The van der Waals surface area contributed by atoms with Crippen LogP contribution < -0.4 is 10.6 Å². The summed E-state index contributed by atoms with van der Waals surface area (Å²) >= 11 is 1.17. The SMILES string of the molecule is CC(=O)c1ccc(N2CCN(C(=O)c3snc(-c4ccc(C)cc4)c3N)CC2)cc1. The van der Waals surface area contributed by atoms with Crippen molar-refractivity contribution in [2.75, 3.05) is 36.8 Å². The van der Waals surface area contributed by atoms with Crippen molar-refractivity contribution in [1.82, 2.24) is 9.27 Å². The van der Waals surface area contributed by atoms with Crippen molar-refractivity contribution in [2.45, 2.75) is 13.8 Å². The molecular formula is C23H24N4O2S. The standard InChI is InChI=1S/C23H24N4O2S/c1-15-3-5-18(6-4-15)21-20(24)22(30-25-21)23(29)27-13-11-26(12-14-27)19-9-7-17(8-10-19)16(2)28/h3-10H,11-14,24H2,1-2H3. The molecule has 7 heteroatoms. The number of benzene rings is 2. The molecule has 1 aliphatic rings. The first-order valence-corrected chi connectivity index (χ1v) is 10.7. The number of nitrogens with two attached hydrogens (primary N) is 1. The van der Waals surface area contributed by atoms with E-state index in [4.69, 9.17) is 5.73 Å². The highest BCUT2D eigenvalue weighted by Crippen LogP contribution is 2.32. The maximum absolute atomic E-state index is 13.0. The van der Waals surface area contributed by atoms with Gasteiger partial charge >= 0.3 is 0 Å². The third kappa shape index (κ3) is 3.93. The van der Waals surface area contributed by atoms with Gasteiger partial charge in [0.05, 0.1) is 5.69 Å². The highest BCUT2D eigenvalue weighted by Gasteiger charge is 2.27. The van der Waals surface area contributed by atoms with Crippen LogP contribution in [0.2, 0.25) is 0 Å². The van der Waals surface area contributed by atoms with Crippen LogP contribution in [0.15, 0.2) is 48.5 Å². The van der Waals surface area contributed by atoms with E-state index in [1.165, 1.54) is 11.5 Å². The average Bonchev–Trinajstić information content (AvgIpc) is 3.15. The number of Topliss-reactive ketones (excluding diaryl/α,β-unsaturated/α-hetero) is 1. The van der Waals surface area contributed by atoms with Crippen LogP contribution in [0.3, 0.4) is 0 Å². The number of anilines is 2. The fourth-order valence-corrected chi connectivity index (χ4v) is 4.38. The molecule has 2 heterocycles. The van der Waals surface area contributed by atoms with Gasteiger partial charge in [0.15, 0.2) is 5.78 Å². The lowest BCUT2D eigenvalue weighted by Crippen LogP contribution is -2.48. The minimum absolute atomic E-state index is 0.0594. The molecule has 3 aromatic rings. The van der Waals surface area contributed by atoms with Crippen molar-refractivity contribution in [3.05, 3.63) is 64.5 Å². The van der Waals surface area contributed by atoms with E-state index in [-0.39, 0.29) is 11.7 Å². The average molecular weight is 421 g/mol. The first-order valence-electron chi connectivity index (χ1n) is 9.91. The Morgan fingerprint density at radius 3 is 2.20 bits per heavy atom. The molecule has 0 spiro atoms. The molecule has 1 saturated heterocycles. The Balaban J connectivity index is 1.43. The minimum Gasteiger partial charge on any atom is -0.396 e. The summed E-state index contributed by atoms with van der Waals surface area (Å²) in [5.74, 6) is -0.000872. The van der Waals surface area contributed by atoms with Gasteiger partial charge in [0.2, 0.25) is 0 Å². The summed E-state index contributed by atoms with van der Waals surface area (Å²) in [5.41, 5.74) is 11.3. The van der Waals surface area contributed by atoms with Crippen molar-refractivity contribution in [2.24, 2.45) is 0 Å². The van der Waals surface area contributed by atoms with Gasteiger partial charge in [-0.25, -0.2) is 0 Å². The first kappa shape index (κ1) is 20.1. The van der Waals surface area contributed by atoms with Gasteiger partial charge in [-0.2, -0.15) is 4.37 Å².